The topological polar surface area (TPSA) is 38.8 Å². The van der Waals surface area contributed by atoms with E-state index in [0.29, 0.717) is 11.8 Å². The number of carbonyl (C=O) groups excluding carboxylic acids is 1. The molecule has 2 saturated carbocycles. The van der Waals surface area contributed by atoms with Crippen molar-refractivity contribution in [1.29, 1.82) is 0 Å². The number of nitrogens with zero attached hydrogens (tertiary/aromatic N) is 1. The van der Waals surface area contributed by atoms with Gasteiger partial charge in [0.25, 0.3) is 0 Å². The molecule has 1 aromatic rings. The molecule has 0 radical (unpaired) electrons. The zero-order valence-electron chi connectivity index (χ0n) is 14.2. The number of ether oxygens (including phenoxy) is 2. The van der Waals surface area contributed by atoms with Crippen LogP contribution in [0, 0.1) is 5.41 Å². The lowest BCUT2D eigenvalue weighted by molar-refractivity contribution is -0.130. The van der Waals surface area contributed by atoms with Gasteiger partial charge in [0.1, 0.15) is 5.78 Å². The Morgan fingerprint density at radius 3 is 2.43 bits per heavy atom. The molecule has 4 nitrogen and oxygen atoms in total. The van der Waals surface area contributed by atoms with Gasteiger partial charge in [-0.25, -0.2) is 0 Å². The van der Waals surface area contributed by atoms with E-state index in [2.05, 4.69) is 24.1 Å². The van der Waals surface area contributed by atoms with Crippen LogP contribution in [0.5, 0.6) is 11.5 Å². The Hall–Kier alpha value is -1.55. The number of benzene rings is 1. The van der Waals surface area contributed by atoms with Gasteiger partial charge in [-0.05, 0) is 57.0 Å². The van der Waals surface area contributed by atoms with Gasteiger partial charge in [0, 0.05) is 23.3 Å². The van der Waals surface area contributed by atoms with Gasteiger partial charge in [-0.3, -0.25) is 4.79 Å². The van der Waals surface area contributed by atoms with Crippen molar-refractivity contribution >= 4 is 5.78 Å². The molecular weight excluding hydrogens is 290 g/mol. The molecule has 1 saturated heterocycles. The first-order chi connectivity index (χ1) is 11.1. The van der Waals surface area contributed by atoms with Crippen molar-refractivity contribution in [1.82, 2.24) is 4.90 Å². The summed E-state index contributed by atoms with van der Waals surface area (Å²) in [4.78, 5) is 15.0. The lowest BCUT2D eigenvalue weighted by Gasteiger charge is -2.46. The average Bonchev–Trinajstić information content (AvgIpc) is 3.28. The quantitative estimate of drug-likeness (QED) is 0.860. The highest BCUT2D eigenvalue weighted by Crippen LogP contribution is 2.64. The fourth-order valence-corrected chi connectivity index (χ4v) is 5.29. The third-order valence-corrected chi connectivity index (χ3v) is 6.50. The third-order valence-electron chi connectivity index (χ3n) is 6.50. The summed E-state index contributed by atoms with van der Waals surface area (Å²) in [6.45, 7) is 1.06. The number of Topliss-reactive ketones (excluding diaryl/α,β-unsaturated/α-hetero) is 1. The van der Waals surface area contributed by atoms with Crippen LogP contribution < -0.4 is 9.47 Å². The molecule has 2 atom stereocenters. The lowest BCUT2D eigenvalue weighted by atomic mass is 9.60. The SMILES string of the molecule is COc1ccc(C23CCC(=O)C4(CC4)C2N(C)CC3)cc1OC. The normalized spacial score (nSPS) is 32.0. The number of carbonyl (C=O) groups is 1. The summed E-state index contributed by atoms with van der Waals surface area (Å²) in [5.74, 6) is 2.05. The molecule has 0 bridgehead atoms. The largest absolute Gasteiger partial charge is 0.493 e. The Morgan fingerprint density at radius 1 is 1.04 bits per heavy atom. The van der Waals surface area contributed by atoms with Gasteiger partial charge < -0.3 is 14.4 Å². The van der Waals surface area contributed by atoms with Gasteiger partial charge in [-0.15, -0.1) is 0 Å². The summed E-state index contributed by atoms with van der Waals surface area (Å²) in [5, 5.41) is 0. The molecule has 2 unspecified atom stereocenters. The highest BCUT2D eigenvalue weighted by atomic mass is 16.5. The van der Waals surface area contributed by atoms with E-state index in [4.69, 9.17) is 9.47 Å². The first-order valence-electron chi connectivity index (χ1n) is 8.53. The highest BCUT2D eigenvalue weighted by molar-refractivity contribution is 5.90. The first-order valence-corrected chi connectivity index (χ1v) is 8.53. The van der Waals surface area contributed by atoms with E-state index >= 15 is 0 Å². The average molecular weight is 315 g/mol. The van der Waals surface area contributed by atoms with Crippen molar-refractivity contribution in [3.63, 3.8) is 0 Å². The van der Waals surface area contributed by atoms with Gasteiger partial charge in [0.15, 0.2) is 11.5 Å². The van der Waals surface area contributed by atoms with E-state index in [-0.39, 0.29) is 10.8 Å². The van der Waals surface area contributed by atoms with Crippen molar-refractivity contribution in [2.45, 2.75) is 43.6 Å². The second kappa shape index (κ2) is 4.97. The zero-order valence-corrected chi connectivity index (χ0v) is 14.2. The summed E-state index contributed by atoms with van der Waals surface area (Å²) in [5.41, 5.74) is 1.32. The fraction of sp³-hybridized carbons (Fsp3) is 0.632. The molecule has 3 fully saturated rings. The molecule has 4 heteroatoms. The summed E-state index contributed by atoms with van der Waals surface area (Å²) >= 11 is 0. The molecule has 0 N–H and O–H groups in total. The van der Waals surface area contributed by atoms with Crippen LogP contribution in [0.15, 0.2) is 18.2 Å². The first kappa shape index (κ1) is 15.0. The minimum Gasteiger partial charge on any atom is -0.493 e. The number of likely N-dealkylation sites (N-methyl/N-ethyl adjacent to an activating group) is 1. The Kier molecular flexibility index (Phi) is 3.24. The number of methoxy groups -OCH3 is 2. The predicted molar refractivity (Wildman–Crippen MR) is 88.2 cm³/mol. The van der Waals surface area contributed by atoms with Crippen molar-refractivity contribution in [2.75, 3.05) is 27.8 Å². The van der Waals surface area contributed by atoms with Crippen LogP contribution in [0.1, 0.15) is 37.7 Å². The van der Waals surface area contributed by atoms with Gasteiger partial charge >= 0.3 is 0 Å². The maximum absolute atomic E-state index is 12.6. The van der Waals surface area contributed by atoms with Gasteiger partial charge in [0.2, 0.25) is 0 Å². The van der Waals surface area contributed by atoms with E-state index < -0.39 is 0 Å². The molecule has 3 aliphatic rings. The molecular formula is C19H25NO3. The minimum absolute atomic E-state index is 0.0728. The highest BCUT2D eigenvalue weighted by Gasteiger charge is 2.67. The van der Waals surface area contributed by atoms with Gasteiger partial charge in [-0.1, -0.05) is 6.07 Å². The monoisotopic (exact) mass is 315 g/mol. The molecule has 1 spiro atoms. The molecule has 0 amide bonds. The number of hydrogen-bond acceptors (Lipinski definition) is 4. The number of likely N-dealkylation sites (tertiary alicyclic amines) is 1. The standard InChI is InChI=1S/C19H25NO3/c1-20-11-10-18(7-6-16(21)19(8-9-19)17(18)20)13-4-5-14(22-2)15(12-13)23-3/h4-5,12,17H,6-11H2,1-3H3. The van der Waals surface area contributed by atoms with E-state index in [0.717, 1.165) is 50.1 Å². The molecule has 1 aromatic carbocycles. The van der Waals surface area contributed by atoms with Crippen molar-refractivity contribution in [2.24, 2.45) is 5.41 Å². The molecule has 2 aliphatic carbocycles. The van der Waals surface area contributed by atoms with Crippen LogP contribution in [0.4, 0.5) is 0 Å². The van der Waals surface area contributed by atoms with E-state index in [1.165, 1.54) is 5.56 Å². The second-order valence-electron chi connectivity index (χ2n) is 7.44. The molecule has 4 rings (SSSR count). The minimum atomic E-state index is -0.0728. The Balaban J connectivity index is 1.81. The maximum atomic E-state index is 12.6. The van der Waals surface area contributed by atoms with Crippen LogP contribution >= 0.6 is 0 Å². The van der Waals surface area contributed by atoms with Gasteiger partial charge in [-0.2, -0.15) is 0 Å². The molecule has 1 heterocycles. The van der Waals surface area contributed by atoms with Gasteiger partial charge in [0.05, 0.1) is 14.2 Å². The van der Waals surface area contributed by atoms with Crippen molar-refractivity contribution in [3.05, 3.63) is 23.8 Å². The zero-order chi connectivity index (χ0) is 16.2. The molecule has 124 valence electrons. The Morgan fingerprint density at radius 2 is 1.78 bits per heavy atom. The van der Waals surface area contributed by atoms with Crippen LogP contribution in [0.2, 0.25) is 0 Å². The number of rotatable bonds is 3. The van der Waals surface area contributed by atoms with Crippen LogP contribution in [0.25, 0.3) is 0 Å². The number of hydrogen-bond donors (Lipinski definition) is 0. The smallest absolute Gasteiger partial charge is 0.161 e. The lowest BCUT2D eigenvalue weighted by Crippen LogP contribution is -2.54. The molecule has 0 aromatic heterocycles. The third kappa shape index (κ3) is 1.90. The summed E-state index contributed by atoms with van der Waals surface area (Å²) < 4.78 is 10.9. The van der Waals surface area contributed by atoms with E-state index in [1.54, 1.807) is 14.2 Å². The molecule has 1 aliphatic heterocycles. The van der Waals surface area contributed by atoms with Crippen LogP contribution in [-0.2, 0) is 10.2 Å². The van der Waals surface area contributed by atoms with E-state index in [9.17, 15) is 4.79 Å². The fourth-order valence-electron chi connectivity index (χ4n) is 5.29. The summed E-state index contributed by atoms with van der Waals surface area (Å²) in [7, 11) is 5.54. The van der Waals surface area contributed by atoms with Crippen molar-refractivity contribution in [3.8, 4) is 11.5 Å². The summed E-state index contributed by atoms with van der Waals surface area (Å²) in [6, 6.07) is 6.67. The van der Waals surface area contributed by atoms with E-state index in [1.807, 2.05) is 6.07 Å². The number of ketones is 1. The Bertz CT molecular complexity index is 652. The maximum Gasteiger partial charge on any atom is 0.161 e. The van der Waals surface area contributed by atoms with Crippen LogP contribution in [0.3, 0.4) is 0 Å². The summed E-state index contributed by atoms with van der Waals surface area (Å²) in [6.07, 6.45) is 4.93. The van der Waals surface area contributed by atoms with Crippen LogP contribution in [-0.4, -0.2) is 44.5 Å². The predicted octanol–water partition coefficient (Wildman–Crippen LogP) is 2.79. The molecule has 23 heavy (non-hydrogen) atoms. The van der Waals surface area contributed by atoms with Crippen molar-refractivity contribution < 1.29 is 14.3 Å². The second-order valence-corrected chi connectivity index (χ2v) is 7.44. The number of fused-ring (bicyclic) bond motifs is 2. The Labute approximate surface area is 137 Å².